The molecule has 0 fully saturated rings. The molecule has 6 heteroatoms. The Labute approximate surface area is 130 Å². The van der Waals surface area contributed by atoms with E-state index in [0.717, 1.165) is 11.3 Å². The lowest BCUT2D eigenvalue weighted by atomic mass is 10.0. The van der Waals surface area contributed by atoms with Crippen molar-refractivity contribution in [2.45, 2.75) is 32.9 Å². The third-order valence-corrected chi connectivity index (χ3v) is 3.54. The third-order valence-electron chi connectivity index (χ3n) is 3.54. The summed E-state index contributed by atoms with van der Waals surface area (Å²) in [5.74, 6) is 1.00. The molecule has 0 aliphatic rings. The van der Waals surface area contributed by atoms with Gasteiger partial charge in [0.1, 0.15) is 18.4 Å². The largest absolute Gasteiger partial charge is 0.496 e. The fourth-order valence-corrected chi connectivity index (χ4v) is 2.23. The topological polar surface area (TPSA) is 69.0 Å². The van der Waals surface area contributed by atoms with Crippen LogP contribution in [0, 0.1) is 5.92 Å². The highest BCUT2D eigenvalue weighted by molar-refractivity contribution is 5.79. The van der Waals surface area contributed by atoms with Gasteiger partial charge in [0.15, 0.2) is 0 Å². The maximum absolute atomic E-state index is 12.3. The fourth-order valence-electron chi connectivity index (χ4n) is 2.23. The molecule has 1 N–H and O–H groups in total. The van der Waals surface area contributed by atoms with E-state index in [0.29, 0.717) is 18.9 Å². The SMILES string of the molecule is COc1ccccc1CC(=O)NC(Cn1cncn1)C(C)C. The quantitative estimate of drug-likeness (QED) is 0.844. The van der Waals surface area contributed by atoms with Gasteiger partial charge in [-0.1, -0.05) is 32.0 Å². The summed E-state index contributed by atoms with van der Waals surface area (Å²) >= 11 is 0. The van der Waals surface area contributed by atoms with Gasteiger partial charge in [-0.15, -0.1) is 0 Å². The van der Waals surface area contributed by atoms with Crippen molar-refractivity contribution >= 4 is 5.91 Å². The zero-order valence-corrected chi connectivity index (χ0v) is 13.2. The van der Waals surface area contributed by atoms with Gasteiger partial charge >= 0.3 is 0 Å². The van der Waals surface area contributed by atoms with Crippen LogP contribution in [0.5, 0.6) is 5.75 Å². The highest BCUT2D eigenvalue weighted by Gasteiger charge is 2.18. The van der Waals surface area contributed by atoms with Crippen LogP contribution < -0.4 is 10.1 Å². The standard InChI is InChI=1S/C16H22N4O2/c1-12(2)14(9-20-11-17-10-18-20)19-16(21)8-13-6-4-5-7-15(13)22-3/h4-7,10-12,14H,8-9H2,1-3H3,(H,19,21). The number of benzene rings is 1. The van der Waals surface area contributed by atoms with Gasteiger partial charge in [0.05, 0.1) is 26.1 Å². The molecule has 118 valence electrons. The second-order valence-corrected chi connectivity index (χ2v) is 5.52. The minimum absolute atomic E-state index is 0.00362. The van der Waals surface area contributed by atoms with Crippen LogP contribution in [0.15, 0.2) is 36.9 Å². The Hall–Kier alpha value is -2.37. The number of nitrogens with zero attached hydrogens (tertiary/aromatic N) is 3. The first-order valence-corrected chi connectivity index (χ1v) is 7.33. The van der Waals surface area contributed by atoms with Crippen LogP contribution in [0.25, 0.3) is 0 Å². The maximum atomic E-state index is 12.3. The normalized spacial score (nSPS) is 12.2. The van der Waals surface area contributed by atoms with Crippen LogP contribution >= 0.6 is 0 Å². The van der Waals surface area contributed by atoms with Crippen molar-refractivity contribution in [1.82, 2.24) is 20.1 Å². The van der Waals surface area contributed by atoms with E-state index in [1.165, 1.54) is 6.33 Å². The van der Waals surface area contributed by atoms with E-state index in [-0.39, 0.29) is 11.9 Å². The van der Waals surface area contributed by atoms with E-state index < -0.39 is 0 Å². The van der Waals surface area contributed by atoms with Crippen LogP contribution in [0.4, 0.5) is 0 Å². The van der Waals surface area contributed by atoms with E-state index in [2.05, 4.69) is 29.2 Å². The number of ether oxygens (including phenoxy) is 1. The van der Waals surface area contributed by atoms with Gasteiger partial charge in [0.2, 0.25) is 5.91 Å². The summed E-state index contributed by atoms with van der Waals surface area (Å²) in [6, 6.07) is 7.56. The number of aromatic nitrogens is 3. The molecule has 1 atom stereocenters. The van der Waals surface area contributed by atoms with Gasteiger partial charge in [0, 0.05) is 5.56 Å². The number of amides is 1. The number of carbonyl (C=O) groups excluding carboxylic acids is 1. The average molecular weight is 302 g/mol. The lowest BCUT2D eigenvalue weighted by Gasteiger charge is -2.22. The number of carbonyl (C=O) groups is 1. The molecule has 0 saturated heterocycles. The number of methoxy groups -OCH3 is 1. The molecule has 1 unspecified atom stereocenters. The first-order chi connectivity index (χ1) is 10.6. The molecule has 1 amide bonds. The van der Waals surface area contributed by atoms with Crippen molar-refractivity contribution < 1.29 is 9.53 Å². The Morgan fingerprint density at radius 1 is 1.36 bits per heavy atom. The molecule has 1 aromatic carbocycles. The second kappa shape index (κ2) is 7.59. The molecule has 6 nitrogen and oxygen atoms in total. The number of hydrogen-bond donors (Lipinski definition) is 1. The van der Waals surface area contributed by atoms with Crippen LogP contribution in [-0.4, -0.2) is 33.8 Å². The molecule has 0 radical (unpaired) electrons. The highest BCUT2D eigenvalue weighted by atomic mass is 16.5. The number of para-hydroxylation sites is 1. The summed E-state index contributed by atoms with van der Waals surface area (Å²) in [7, 11) is 1.61. The molecule has 0 aliphatic carbocycles. The number of hydrogen-bond acceptors (Lipinski definition) is 4. The molecule has 2 rings (SSSR count). The predicted octanol–water partition coefficient (Wildman–Crippen LogP) is 1.67. The molecule has 1 aromatic heterocycles. The van der Waals surface area contributed by atoms with Crippen LogP contribution in [-0.2, 0) is 17.8 Å². The van der Waals surface area contributed by atoms with Crippen LogP contribution in [0.1, 0.15) is 19.4 Å². The van der Waals surface area contributed by atoms with Gasteiger partial charge < -0.3 is 10.1 Å². The molecule has 22 heavy (non-hydrogen) atoms. The zero-order chi connectivity index (χ0) is 15.9. The molecular formula is C16H22N4O2. The van der Waals surface area contributed by atoms with Crippen molar-refractivity contribution in [2.24, 2.45) is 5.92 Å². The molecule has 2 aromatic rings. The predicted molar refractivity (Wildman–Crippen MR) is 83.5 cm³/mol. The Morgan fingerprint density at radius 3 is 2.77 bits per heavy atom. The Morgan fingerprint density at radius 2 is 2.14 bits per heavy atom. The first kappa shape index (κ1) is 16.0. The van der Waals surface area contributed by atoms with Crippen LogP contribution in [0.2, 0.25) is 0 Å². The van der Waals surface area contributed by atoms with Gasteiger partial charge in [-0.05, 0) is 12.0 Å². The Balaban J connectivity index is 1.99. The van der Waals surface area contributed by atoms with E-state index in [4.69, 9.17) is 4.74 Å². The summed E-state index contributed by atoms with van der Waals surface area (Å²) in [6.45, 7) is 4.76. The van der Waals surface area contributed by atoms with Crippen molar-refractivity contribution in [1.29, 1.82) is 0 Å². The number of rotatable bonds is 7. The van der Waals surface area contributed by atoms with Gasteiger partial charge in [-0.25, -0.2) is 4.98 Å². The summed E-state index contributed by atoms with van der Waals surface area (Å²) < 4.78 is 7.01. The summed E-state index contributed by atoms with van der Waals surface area (Å²) in [5.41, 5.74) is 0.880. The Bertz CT molecular complexity index is 596. The molecule has 0 saturated carbocycles. The second-order valence-electron chi connectivity index (χ2n) is 5.52. The fraction of sp³-hybridized carbons (Fsp3) is 0.438. The maximum Gasteiger partial charge on any atom is 0.224 e. The van der Waals surface area contributed by atoms with Gasteiger partial charge in [0.25, 0.3) is 0 Å². The van der Waals surface area contributed by atoms with Crippen molar-refractivity contribution in [2.75, 3.05) is 7.11 Å². The van der Waals surface area contributed by atoms with Gasteiger partial charge in [-0.3, -0.25) is 9.48 Å². The monoisotopic (exact) mass is 302 g/mol. The van der Waals surface area contributed by atoms with Crippen molar-refractivity contribution in [3.8, 4) is 5.75 Å². The van der Waals surface area contributed by atoms with Crippen molar-refractivity contribution in [3.63, 3.8) is 0 Å². The summed E-state index contributed by atoms with van der Waals surface area (Å²) in [4.78, 5) is 16.2. The summed E-state index contributed by atoms with van der Waals surface area (Å²) in [5, 5.41) is 7.16. The van der Waals surface area contributed by atoms with Gasteiger partial charge in [-0.2, -0.15) is 5.10 Å². The van der Waals surface area contributed by atoms with E-state index in [1.54, 1.807) is 18.1 Å². The number of nitrogens with one attached hydrogen (secondary N) is 1. The van der Waals surface area contributed by atoms with E-state index >= 15 is 0 Å². The van der Waals surface area contributed by atoms with Crippen molar-refractivity contribution in [3.05, 3.63) is 42.5 Å². The lowest BCUT2D eigenvalue weighted by Crippen LogP contribution is -2.42. The molecule has 0 spiro atoms. The molecule has 1 heterocycles. The summed E-state index contributed by atoms with van der Waals surface area (Å²) in [6.07, 6.45) is 3.44. The smallest absolute Gasteiger partial charge is 0.224 e. The van der Waals surface area contributed by atoms with E-state index in [9.17, 15) is 4.79 Å². The minimum atomic E-state index is -0.0247. The molecule has 0 aliphatic heterocycles. The van der Waals surface area contributed by atoms with E-state index in [1.807, 2.05) is 24.3 Å². The third kappa shape index (κ3) is 4.31. The Kier molecular flexibility index (Phi) is 5.52. The molecule has 0 bridgehead atoms. The highest BCUT2D eigenvalue weighted by Crippen LogP contribution is 2.17. The van der Waals surface area contributed by atoms with Crippen LogP contribution in [0.3, 0.4) is 0 Å². The average Bonchev–Trinajstić information content (AvgIpc) is 3.00. The zero-order valence-electron chi connectivity index (χ0n) is 13.2. The minimum Gasteiger partial charge on any atom is -0.496 e. The first-order valence-electron chi connectivity index (χ1n) is 7.33. The lowest BCUT2D eigenvalue weighted by molar-refractivity contribution is -0.121. The molecular weight excluding hydrogens is 280 g/mol.